The van der Waals surface area contributed by atoms with Crippen LogP contribution in [0.15, 0.2) is 27.6 Å². The molecule has 0 aliphatic rings. The molecular weight excluding hydrogens is 294 g/mol. The molecule has 102 valence electrons. The molecule has 0 saturated carbocycles. The minimum absolute atomic E-state index is 0.0477. The number of nitrogens with two attached hydrogens (primary N) is 1. The first-order valence-corrected chi connectivity index (χ1v) is 6.90. The molecule has 1 aromatic carbocycles. The highest BCUT2D eigenvalue weighted by Gasteiger charge is 2.26. The van der Waals surface area contributed by atoms with Crippen LogP contribution >= 0.6 is 11.6 Å². The van der Waals surface area contributed by atoms with Gasteiger partial charge in [-0.05, 0) is 25.1 Å². The number of hydrogen-bond donors (Lipinski definition) is 3. The Kier molecular flexibility index (Phi) is 3.29. The molecule has 0 bridgehead atoms. The zero-order valence-corrected chi connectivity index (χ0v) is 11.3. The molecule has 0 unspecified atom stereocenters. The van der Waals surface area contributed by atoms with Crippen LogP contribution in [0.25, 0.3) is 0 Å². The highest BCUT2D eigenvalue weighted by molar-refractivity contribution is 7.93. The summed E-state index contributed by atoms with van der Waals surface area (Å²) in [5, 5.41) is 13.2. The second-order valence-corrected chi connectivity index (χ2v) is 5.78. The number of anilines is 2. The molecule has 2 aromatic rings. The first-order valence-electron chi connectivity index (χ1n) is 5.04. The number of rotatable bonds is 3. The third-order valence-electron chi connectivity index (χ3n) is 2.30. The van der Waals surface area contributed by atoms with E-state index in [1.54, 1.807) is 0 Å². The van der Waals surface area contributed by atoms with Crippen LogP contribution in [0, 0.1) is 6.92 Å². The molecule has 2 rings (SSSR count). The Balaban J connectivity index is 2.45. The zero-order valence-electron chi connectivity index (χ0n) is 9.71. The quantitative estimate of drug-likeness (QED) is 0.743. The third kappa shape index (κ3) is 2.59. The number of aryl methyl sites for hydroxylation is 1. The van der Waals surface area contributed by atoms with E-state index in [2.05, 4.69) is 9.88 Å². The van der Waals surface area contributed by atoms with Crippen molar-refractivity contribution in [2.75, 3.05) is 10.5 Å². The van der Waals surface area contributed by atoms with Crippen LogP contribution < -0.4 is 10.5 Å². The van der Waals surface area contributed by atoms with Crippen molar-refractivity contribution in [3.05, 3.63) is 29.0 Å². The first kappa shape index (κ1) is 13.5. The number of aromatic hydroxyl groups is 1. The smallest absolute Gasteiger partial charge is 0.269 e. The summed E-state index contributed by atoms with van der Waals surface area (Å²) in [6.07, 6.45) is 0. The number of sulfonamides is 1. The van der Waals surface area contributed by atoms with Crippen molar-refractivity contribution in [2.45, 2.75) is 11.8 Å². The minimum atomic E-state index is -4.02. The number of nitrogens with zero attached hydrogens (tertiary/aromatic N) is 1. The van der Waals surface area contributed by atoms with Gasteiger partial charge in [-0.2, -0.15) is 0 Å². The number of phenols is 1. The van der Waals surface area contributed by atoms with Crippen molar-refractivity contribution in [1.82, 2.24) is 5.16 Å². The predicted molar refractivity (Wildman–Crippen MR) is 69.6 cm³/mol. The molecule has 0 fully saturated rings. The summed E-state index contributed by atoms with van der Waals surface area (Å²) in [7, 11) is -4.02. The van der Waals surface area contributed by atoms with Gasteiger partial charge in [-0.1, -0.05) is 16.8 Å². The van der Waals surface area contributed by atoms with E-state index in [0.717, 1.165) is 0 Å². The monoisotopic (exact) mass is 303 g/mol. The number of hydrogen-bond acceptors (Lipinski definition) is 6. The highest BCUT2D eigenvalue weighted by atomic mass is 35.5. The lowest BCUT2D eigenvalue weighted by atomic mass is 10.3. The van der Waals surface area contributed by atoms with E-state index >= 15 is 0 Å². The van der Waals surface area contributed by atoms with E-state index in [9.17, 15) is 13.5 Å². The molecule has 0 amide bonds. The van der Waals surface area contributed by atoms with E-state index in [0.29, 0.717) is 0 Å². The van der Waals surface area contributed by atoms with Gasteiger partial charge < -0.3 is 15.4 Å². The summed E-state index contributed by atoms with van der Waals surface area (Å²) < 4.78 is 31.1. The number of nitrogens with one attached hydrogen (secondary N) is 1. The summed E-state index contributed by atoms with van der Waals surface area (Å²) in [6.45, 7) is 1.41. The molecule has 7 nitrogen and oxygen atoms in total. The third-order valence-corrected chi connectivity index (χ3v) is 4.06. The number of nitrogen functional groups attached to an aromatic ring is 1. The van der Waals surface area contributed by atoms with E-state index in [4.69, 9.17) is 21.9 Å². The van der Waals surface area contributed by atoms with Gasteiger partial charge in [-0.25, -0.2) is 8.42 Å². The molecule has 0 atom stereocenters. The molecule has 4 N–H and O–H groups in total. The van der Waals surface area contributed by atoms with Crippen molar-refractivity contribution in [1.29, 1.82) is 0 Å². The zero-order chi connectivity index (χ0) is 14.2. The Morgan fingerprint density at radius 2 is 2.16 bits per heavy atom. The number of halogens is 1. The Morgan fingerprint density at radius 3 is 2.74 bits per heavy atom. The minimum Gasteiger partial charge on any atom is -0.506 e. The van der Waals surface area contributed by atoms with Gasteiger partial charge in [0.2, 0.25) is 0 Å². The van der Waals surface area contributed by atoms with Crippen molar-refractivity contribution >= 4 is 33.1 Å². The number of phenolic OH excluding ortho intramolecular Hbond substituents is 1. The summed E-state index contributed by atoms with van der Waals surface area (Å²) in [5.41, 5.74) is 5.37. The van der Waals surface area contributed by atoms with E-state index in [1.165, 1.54) is 25.1 Å². The van der Waals surface area contributed by atoms with Crippen molar-refractivity contribution in [2.24, 2.45) is 0 Å². The highest BCUT2D eigenvalue weighted by Crippen LogP contribution is 2.30. The first-order chi connectivity index (χ1) is 8.81. The summed E-state index contributed by atoms with van der Waals surface area (Å²) in [4.78, 5) is -0.271. The molecule has 0 radical (unpaired) electrons. The lowest BCUT2D eigenvalue weighted by molar-refractivity contribution is 0.396. The standard InChI is InChI=1S/C10H10ClN3O4S/c1-5-9(10(12)13-18-5)19(16,17)14-7-4-6(11)2-3-8(7)15/h2-4,14-15H,1H3,(H2,12,13). The van der Waals surface area contributed by atoms with E-state index < -0.39 is 10.0 Å². The van der Waals surface area contributed by atoms with Crippen LogP contribution in [0.2, 0.25) is 5.02 Å². The maximum absolute atomic E-state index is 12.1. The van der Waals surface area contributed by atoms with Crippen LogP contribution in [-0.2, 0) is 10.0 Å². The van der Waals surface area contributed by atoms with Gasteiger partial charge in [-0.15, -0.1) is 0 Å². The Labute approximate surface area is 114 Å². The Bertz CT molecular complexity index is 707. The number of aromatic nitrogens is 1. The van der Waals surface area contributed by atoms with Gasteiger partial charge in [0.25, 0.3) is 10.0 Å². The fourth-order valence-electron chi connectivity index (χ4n) is 1.49. The van der Waals surface area contributed by atoms with Crippen molar-refractivity contribution in [3.8, 4) is 5.75 Å². The number of benzene rings is 1. The Hall–Kier alpha value is -1.93. The summed E-state index contributed by atoms with van der Waals surface area (Å²) >= 11 is 5.73. The Morgan fingerprint density at radius 1 is 1.47 bits per heavy atom. The second kappa shape index (κ2) is 4.63. The lowest BCUT2D eigenvalue weighted by Crippen LogP contribution is -2.15. The van der Waals surface area contributed by atoms with Crippen molar-refractivity contribution < 1.29 is 18.0 Å². The molecule has 9 heteroatoms. The van der Waals surface area contributed by atoms with Gasteiger partial charge >= 0.3 is 0 Å². The van der Waals surface area contributed by atoms with Gasteiger partial charge in [0.15, 0.2) is 16.5 Å². The maximum Gasteiger partial charge on any atom is 0.269 e. The molecular formula is C10H10ClN3O4S. The molecule has 1 heterocycles. The van der Waals surface area contributed by atoms with Gasteiger partial charge in [0.1, 0.15) is 5.75 Å². The molecule has 0 spiro atoms. The summed E-state index contributed by atoms with van der Waals surface area (Å²) in [6, 6.07) is 3.96. The van der Waals surface area contributed by atoms with Crippen LogP contribution in [0.5, 0.6) is 5.75 Å². The van der Waals surface area contributed by atoms with Gasteiger partial charge in [-0.3, -0.25) is 4.72 Å². The van der Waals surface area contributed by atoms with E-state index in [1.807, 2.05) is 0 Å². The van der Waals surface area contributed by atoms with Crippen molar-refractivity contribution in [3.63, 3.8) is 0 Å². The lowest BCUT2D eigenvalue weighted by Gasteiger charge is -2.09. The molecule has 19 heavy (non-hydrogen) atoms. The average Bonchev–Trinajstić information content (AvgIpc) is 2.64. The fraction of sp³-hybridized carbons (Fsp3) is 0.100. The molecule has 0 aliphatic carbocycles. The largest absolute Gasteiger partial charge is 0.506 e. The van der Waals surface area contributed by atoms with Gasteiger partial charge in [0, 0.05) is 5.02 Å². The molecule has 0 saturated heterocycles. The maximum atomic E-state index is 12.1. The SMILES string of the molecule is Cc1onc(N)c1S(=O)(=O)Nc1cc(Cl)ccc1O. The summed E-state index contributed by atoms with van der Waals surface area (Å²) in [5.74, 6) is -0.473. The van der Waals surface area contributed by atoms with E-state index in [-0.39, 0.29) is 32.9 Å². The fourth-order valence-corrected chi connectivity index (χ4v) is 2.95. The van der Waals surface area contributed by atoms with Gasteiger partial charge in [0.05, 0.1) is 5.69 Å². The normalized spacial score (nSPS) is 11.5. The van der Waals surface area contributed by atoms with Crippen LogP contribution in [0.4, 0.5) is 11.5 Å². The van der Waals surface area contributed by atoms with Crippen LogP contribution in [-0.4, -0.2) is 18.7 Å². The second-order valence-electron chi connectivity index (χ2n) is 3.72. The van der Waals surface area contributed by atoms with Crippen LogP contribution in [0.1, 0.15) is 5.76 Å². The molecule has 1 aromatic heterocycles. The topological polar surface area (TPSA) is 118 Å². The predicted octanol–water partition coefficient (Wildman–Crippen LogP) is 1.73. The molecule has 0 aliphatic heterocycles. The van der Waals surface area contributed by atoms with Crippen LogP contribution in [0.3, 0.4) is 0 Å². The average molecular weight is 304 g/mol.